The predicted octanol–water partition coefficient (Wildman–Crippen LogP) is 1.93. The number of amides is 1. The van der Waals surface area contributed by atoms with Gasteiger partial charge in [-0.05, 0) is 37.8 Å². The minimum Gasteiger partial charge on any atom is -0.381 e. The van der Waals surface area contributed by atoms with Gasteiger partial charge in [0.05, 0.1) is 18.7 Å². The monoisotopic (exact) mass is 317 g/mol. The molecule has 5 nitrogen and oxygen atoms in total. The number of rotatable bonds is 6. The SMILES string of the molecule is CCOCCC(=O)N1C[C@H]2CC[C@@H]1CN(Cc1ccccn1)C2. The molecule has 0 N–H and O–H groups in total. The van der Waals surface area contributed by atoms with Crippen LogP contribution in [0.25, 0.3) is 0 Å². The molecule has 0 radical (unpaired) electrons. The van der Waals surface area contributed by atoms with Crippen LogP contribution in [-0.2, 0) is 16.1 Å². The van der Waals surface area contributed by atoms with Crippen molar-refractivity contribution in [1.82, 2.24) is 14.8 Å². The fourth-order valence-electron chi connectivity index (χ4n) is 3.78. The highest BCUT2D eigenvalue weighted by atomic mass is 16.5. The summed E-state index contributed by atoms with van der Waals surface area (Å²) in [5, 5.41) is 0. The summed E-state index contributed by atoms with van der Waals surface area (Å²) in [6.07, 6.45) is 4.73. The van der Waals surface area contributed by atoms with Crippen LogP contribution in [0, 0.1) is 5.92 Å². The molecule has 0 unspecified atom stereocenters. The number of hydrogen-bond donors (Lipinski definition) is 0. The van der Waals surface area contributed by atoms with Gasteiger partial charge in [0.15, 0.2) is 0 Å². The number of hydrogen-bond acceptors (Lipinski definition) is 4. The highest BCUT2D eigenvalue weighted by Gasteiger charge is 2.36. The standard InChI is InChI=1S/C18H27N3O2/c1-2-23-10-8-18(22)21-12-15-6-7-17(21)14-20(11-15)13-16-5-3-4-9-19-16/h3-5,9,15,17H,2,6-8,10-14H2,1H3/t15-,17+/m0/s1. The van der Waals surface area contributed by atoms with Crippen LogP contribution in [0.15, 0.2) is 24.4 Å². The lowest BCUT2D eigenvalue weighted by molar-refractivity contribution is -0.136. The summed E-state index contributed by atoms with van der Waals surface area (Å²) in [5.41, 5.74) is 1.11. The number of carbonyl (C=O) groups is 1. The number of ether oxygens (including phenoxy) is 1. The van der Waals surface area contributed by atoms with E-state index in [9.17, 15) is 4.79 Å². The van der Waals surface area contributed by atoms with Gasteiger partial charge in [-0.2, -0.15) is 0 Å². The zero-order chi connectivity index (χ0) is 16.1. The van der Waals surface area contributed by atoms with Gasteiger partial charge in [-0.25, -0.2) is 0 Å². The molecule has 0 aliphatic carbocycles. The van der Waals surface area contributed by atoms with E-state index in [4.69, 9.17) is 4.74 Å². The normalized spacial score (nSPS) is 24.7. The molecule has 1 aromatic heterocycles. The first-order valence-corrected chi connectivity index (χ1v) is 8.75. The van der Waals surface area contributed by atoms with Crippen molar-refractivity contribution >= 4 is 5.91 Å². The van der Waals surface area contributed by atoms with Gasteiger partial charge >= 0.3 is 0 Å². The van der Waals surface area contributed by atoms with Crippen LogP contribution in [0.3, 0.4) is 0 Å². The summed E-state index contributed by atoms with van der Waals surface area (Å²) in [7, 11) is 0. The lowest BCUT2D eigenvalue weighted by atomic mass is 9.95. The van der Waals surface area contributed by atoms with Crippen molar-refractivity contribution in [3.8, 4) is 0 Å². The molecule has 4 heterocycles. The fraction of sp³-hybridized carbons (Fsp3) is 0.667. The van der Waals surface area contributed by atoms with Crippen LogP contribution in [0.4, 0.5) is 0 Å². The van der Waals surface area contributed by atoms with Crippen molar-refractivity contribution in [1.29, 1.82) is 0 Å². The van der Waals surface area contributed by atoms with Crippen molar-refractivity contribution in [2.75, 3.05) is 32.8 Å². The summed E-state index contributed by atoms with van der Waals surface area (Å²) < 4.78 is 5.34. The van der Waals surface area contributed by atoms with E-state index in [1.165, 1.54) is 6.42 Å². The Morgan fingerprint density at radius 1 is 1.30 bits per heavy atom. The second-order valence-corrected chi connectivity index (χ2v) is 6.61. The van der Waals surface area contributed by atoms with Gasteiger partial charge in [-0.15, -0.1) is 0 Å². The maximum Gasteiger partial charge on any atom is 0.225 e. The maximum absolute atomic E-state index is 12.5. The van der Waals surface area contributed by atoms with Crippen molar-refractivity contribution in [3.05, 3.63) is 30.1 Å². The third kappa shape index (κ3) is 4.30. The van der Waals surface area contributed by atoms with Crippen molar-refractivity contribution in [2.45, 2.75) is 38.8 Å². The highest BCUT2D eigenvalue weighted by molar-refractivity contribution is 5.76. The van der Waals surface area contributed by atoms with E-state index in [0.29, 0.717) is 31.6 Å². The molecule has 3 saturated heterocycles. The minimum atomic E-state index is 0.257. The average molecular weight is 317 g/mol. The molecule has 0 spiro atoms. The Hall–Kier alpha value is -1.46. The number of aromatic nitrogens is 1. The Labute approximate surface area is 138 Å². The first-order chi connectivity index (χ1) is 11.3. The summed E-state index contributed by atoms with van der Waals surface area (Å²) in [6.45, 7) is 7.02. The Morgan fingerprint density at radius 3 is 3.00 bits per heavy atom. The molecule has 1 aromatic rings. The fourth-order valence-corrected chi connectivity index (χ4v) is 3.78. The van der Waals surface area contributed by atoms with E-state index < -0.39 is 0 Å². The number of carbonyl (C=O) groups excluding carboxylic acids is 1. The molecule has 126 valence electrons. The summed E-state index contributed by atoms with van der Waals surface area (Å²) in [6, 6.07) is 6.43. The van der Waals surface area contributed by atoms with E-state index in [1.807, 2.05) is 25.3 Å². The zero-order valence-corrected chi connectivity index (χ0v) is 14.0. The first-order valence-electron chi connectivity index (χ1n) is 8.75. The van der Waals surface area contributed by atoms with Gasteiger partial charge < -0.3 is 9.64 Å². The van der Waals surface area contributed by atoms with Crippen LogP contribution >= 0.6 is 0 Å². The van der Waals surface area contributed by atoms with E-state index in [0.717, 1.165) is 38.3 Å². The third-order valence-electron chi connectivity index (χ3n) is 4.89. The van der Waals surface area contributed by atoms with E-state index >= 15 is 0 Å². The summed E-state index contributed by atoms with van der Waals surface area (Å²) in [5.74, 6) is 0.848. The van der Waals surface area contributed by atoms with Crippen LogP contribution in [-0.4, -0.2) is 59.6 Å². The number of fused-ring (bicyclic) bond motifs is 4. The highest BCUT2D eigenvalue weighted by Crippen LogP contribution is 2.29. The molecule has 0 saturated carbocycles. The molecular weight excluding hydrogens is 290 g/mol. The number of nitrogens with zero attached hydrogens (tertiary/aromatic N) is 3. The van der Waals surface area contributed by atoms with Crippen LogP contribution in [0.5, 0.6) is 0 Å². The van der Waals surface area contributed by atoms with Crippen molar-refractivity contribution in [3.63, 3.8) is 0 Å². The van der Waals surface area contributed by atoms with Gasteiger partial charge in [-0.3, -0.25) is 14.7 Å². The van der Waals surface area contributed by atoms with Gasteiger partial charge in [0, 0.05) is 45.0 Å². The summed E-state index contributed by atoms with van der Waals surface area (Å²) in [4.78, 5) is 21.5. The van der Waals surface area contributed by atoms with Crippen LogP contribution < -0.4 is 0 Å². The molecule has 2 atom stereocenters. The Bertz CT molecular complexity index is 508. The minimum absolute atomic E-state index is 0.257. The molecule has 5 heteroatoms. The molecule has 3 fully saturated rings. The third-order valence-corrected chi connectivity index (χ3v) is 4.89. The van der Waals surface area contributed by atoms with Gasteiger partial charge in [0.2, 0.25) is 5.91 Å². The number of piperidine rings is 1. The second-order valence-electron chi connectivity index (χ2n) is 6.61. The molecule has 0 aromatic carbocycles. The summed E-state index contributed by atoms with van der Waals surface area (Å²) >= 11 is 0. The molecule has 4 rings (SSSR count). The first kappa shape index (κ1) is 16.4. The maximum atomic E-state index is 12.5. The molecule has 23 heavy (non-hydrogen) atoms. The average Bonchev–Trinajstić information content (AvgIpc) is 2.86. The largest absolute Gasteiger partial charge is 0.381 e. The molecular formula is C18H27N3O2. The van der Waals surface area contributed by atoms with Gasteiger partial charge in [0.1, 0.15) is 0 Å². The molecule has 3 aliphatic rings. The van der Waals surface area contributed by atoms with E-state index in [-0.39, 0.29) is 5.91 Å². The Morgan fingerprint density at radius 2 is 2.22 bits per heavy atom. The van der Waals surface area contributed by atoms with E-state index in [1.54, 1.807) is 0 Å². The van der Waals surface area contributed by atoms with Gasteiger partial charge in [-0.1, -0.05) is 6.07 Å². The quantitative estimate of drug-likeness (QED) is 0.752. The van der Waals surface area contributed by atoms with Gasteiger partial charge in [0.25, 0.3) is 0 Å². The smallest absolute Gasteiger partial charge is 0.225 e. The number of pyridine rings is 1. The van der Waals surface area contributed by atoms with Crippen molar-refractivity contribution < 1.29 is 9.53 Å². The zero-order valence-electron chi connectivity index (χ0n) is 14.0. The molecule has 2 bridgehead atoms. The molecule has 3 aliphatic heterocycles. The lowest BCUT2D eigenvalue weighted by Gasteiger charge is -2.36. The van der Waals surface area contributed by atoms with Crippen molar-refractivity contribution in [2.24, 2.45) is 5.92 Å². The Balaban J connectivity index is 1.60. The van der Waals surface area contributed by atoms with Crippen LogP contribution in [0.1, 0.15) is 31.9 Å². The predicted molar refractivity (Wildman–Crippen MR) is 88.8 cm³/mol. The second kappa shape index (κ2) is 7.88. The molecule has 1 amide bonds. The topological polar surface area (TPSA) is 45.7 Å². The van der Waals surface area contributed by atoms with E-state index in [2.05, 4.69) is 20.9 Å². The Kier molecular flexibility index (Phi) is 5.62. The van der Waals surface area contributed by atoms with Crippen LogP contribution in [0.2, 0.25) is 0 Å². The lowest BCUT2D eigenvalue weighted by Crippen LogP contribution is -2.47.